The maximum Gasteiger partial charge on any atom is 0.225 e. The van der Waals surface area contributed by atoms with Crippen molar-refractivity contribution in [2.24, 2.45) is 0 Å². The van der Waals surface area contributed by atoms with E-state index in [-0.39, 0.29) is 17.0 Å². The van der Waals surface area contributed by atoms with Crippen LogP contribution in [0.2, 0.25) is 10.4 Å². The van der Waals surface area contributed by atoms with Crippen molar-refractivity contribution in [1.82, 2.24) is 24.2 Å². The van der Waals surface area contributed by atoms with Gasteiger partial charge >= 0.3 is 0 Å². The van der Waals surface area contributed by atoms with Gasteiger partial charge in [-0.2, -0.15) is 4.98 Å². The van der Waals surface area contributed by atoms with E-state index in [1.807, 2.05) is 0 Å². The van der Waals surface area contributed by atoms with Crippen molar-refractivity contribution in [3.63, 3.8) is 0 Å². The molecule has 98 valence electrons. The van der Waals surface area contributed by atoms with Gasteiger partial charge in [-0.1, -0.05) is 11.6 Å². The molecule has 0 spiro atoms. The Bertz CT molecular complexity index is 684. The maximum absolute atomic E-state index is 10.9. The van der Waals surface area contributed by atoms with Crippen LogP contribution in [0.15, 0.2) is 6.33 Å². The molecule has 0 bridgehead atoms. The van der Waals surface area contributed by atoms with Gasteiger partial charge in [0, 0.05) is 13.1 Å². The first-order valence-corrected chi connectivity index (χ1v) is 7.50. The monoisotopic (exact) mass is 309 g/mol. The van der Waals surface area contributed by atoms with Gasteiger partial charge in [-0.05, 0) is 11.6 Å². The number of hydrogen-bond donors (Lipinski definition) is 1. The molecule has 0 aliphatic carbocycles. The fourth-order valence-corrected chi connectivity index (χ4v) is 2.28. The summed E-state index contributed by atoms with van der Waals surface area (Å²) in [6.07, 6.45) is 2.60. The van der Waals surface area contributed by atoms with Gasteiger partial charge in [-0.25, -0.2) is 23.1 Å². The third-order valence-corrected chi connectivity index (χ3v) is 3.27. The van der Waals surface area contributed by atoms with Crippen LogP contribution in [0.4, 0.5) is 0 Å². The number of nitrogens with zero attached hydrogens (tertiary/aromatic N) is 4. The number of rotatable bonds is 4. The predicted molar refractivity (Wildman–Crippen MR) is 68.2 cm³/mol. The minimum Gasteiger partial charge on any atom is -0.314 e. The largest absolute Gasteiger partial charge is 0.314 e. The van der Waals surface area contributed by atoms with E-state index < -0.39 is 10.0 Å². The molecular weight excluding hydrogens is 301 g/mol. The van der Waals surface area contributed by atoms with Crippen molar-refractivity contribution in [1.29, 1.82) is 0 Å². The van der Waals surface area contributed by atoms with Gasteiger partial charge in [0.05, 0.1) is 12.6 Å². The summed E-state index contributed by atoms with van der Waals surface area (Å²) >= 11 is 11.6. The summed E-state index contributed by atoms with van der Waals surface area (Å²) in [5.74, 6) is 0. The minimum absolute atomic E-state index is 0.0188. The Hall–Kier alpha value is -0.960. The number of sulfonamides is 1. The van der Waals surface area contributed by atoms with Gasteiger partial charge in [-0.3, -0.25) is 0 Å². The number of aromatic nitrogens is 4. The molecule has 7 nitrogen and oxygen atoms in total. The van der Waals surface area contributed by atoms with Gasteiger partial charge in [0.2, 0.25) is 15.3 Å². The second-order valence-electron chi connectivity index (χ2n) is 3.56. The molecule has 2 aromatic heterocycles. The normalized spacial score (nSPS) is 12.2. The predicted octanol–water partition coefficient (Wildman–Crippen LogP) is 0.682. The second kappa shape index (κ2) is 4.96. The molecular formula is C8H9Cl2N5O2S. The van der Waals surface area contributed by atoms with Crippen molar-refractivity contribution >= 4 is 44.4 Å². The van der Waals surface area contributed by atoms with Crippen molar-refractivity contribution in [3.8, 4) is 0 Å². The van der Waals surface area contributed by atoms with Crippen LogP contribution in [-0.4, -0.2) is 40.7 Å². The summed E-state index contributed by atoms with van der Waals surface area (Å²) in [5.41, 5.74) is 0.899. The highest BCUT2D eigenvalue weighted by atomic mass is 35.5. The fourth-order valence-electron chi connectivity index (χ4n) is 1.40. The lowest BCUT2D eigenvalue weighted by Gasteiger charge is -2.04. The van der Waals surface area contributed by atoms with Crippen LogP contribution in [0, 0.1) is 0 Å². The first-order chi connectivity index (χ1) is 8.37. The molecule has 0 aliphatic rings. The SMILES string of the molecule is CS(=O)(=O)NCCn1cnc2c(Cl)nc(Cl)nc21. The molecule has 0 amide bonds. The molecule has 0 unspecified atom stereocenters. The molecule has 2 rings (SSSR count). The molecule has 10 heteroatoms. The van der Waals surface area contributed by atoms with Crippen LogP contribution < -0.4 is 4.72 Å². The van der Waals surface area contributed by atoms with Crippen molar-refractivity contribution in [2.75, 3.05) is 12.8 Å². The van der Waals surface area contributed by atoms with Gasteiger partial charge < -0.3 is 4.57 Å². The molecule has 0 fully saturated rings. The van der Waals surface area contributed by atoms with Crippen LogP contribution >= 0.6 is 23.2 Å². The summed E-state index contributed by atoms with van der Waals surface area (Å²) in [4.78, 5) is 11.8. The fraction of sp³-hybridized carbons (Fsp3) is 0.375. The lowest BCUT2D eigenvalue weighted by Crippen LogP contribution is -2.25. The zero-order valence-corrected chi connectivity index (χ0v) is 11.6. The zero-order chi connectivity index (χ0) is 13.3. The number of nitrogens with one attached hydrogen (secondary N) is 1. The number of imidazole rings is 1. The van der Waals surface area contributed by atoms with E-state index in [4.69, 9.17) is 23.2 Å². The van der Waals surface area contributed by atoms with Crippen molar-refractivity contribution in [2.45, 2.75) is 6.54 Å². The molecule has 0 atom stereocenters. The quantitative estimate of drug-likeness (QED) is 0.662. The summed E-state index contributed by atoms with van der Waals surface area (Å²) in [7, 11) is -3.22. The molecule has 0 radical (unpaired) electrons. The third kappa shape index (κ3) is 3.08. The molecule has 2 heterocycles. The zero-order valence-electron chi connectivity index (χ0n) is 9.26. The number of fused-ring (bicyclic) bond motifs is 1. The molecule has 0 aliphatic heterocycles. The van der Waals surface area contributed by atoms with Crippen LogP contribution in [0.3, 0.4) is 0 Å². The highest BCUT2D eigenvalue weighted by molar-refractivity contribution is 7.88. The Kier molecular flexibility index (Phi) is 3.71. The van der Waals surface area contributed by atoms with Crippen LogP contribution in [0.1, 0.15) is 0 Å². The van der Waals surface area contributed by atoms with E-state index in [9.17, 15) is 8.42 Å². The summed E-state index contributed by atoms with van der Waals surface area (Å²) in [6.45, 7) is 0.594. The van der Waals surface area contributed by atoms with Crippen molar-refractivity contribution < 1.29 is 8.42 Å². The van der Waals surface area contributed by atoms with E-state index in [0.717, 1.165) is 6.26 Å². The highest BCUT2D eigenvalue weighted by Gasteiger charge is 2.11. The molecule has 2 aromatic rings. The van der Waals surface area contributed by atoms with E-state index in [0.29, 0.717) is 17.7 Å². The topological polar surface area (TPSA) is 89.8 Å². The molecule has 0 aromatic carbocycles. The van der Waals surface area contributed by atoms with Gasteiger partial charge in [0.1, 0.15) is 5.52 Å². The van der Waals surface area contributed by atoms with Gasteiger partial charge in [0.25, 0.3) is 0 Å². The highest BCUT2D eigenvalue weighted by Crippen LogP contribution is 2.20. The standard InChI is InChI=1S/C8H9Cl2N5O2S/c1-18(16,17)12-2-3-15-4-11-5-6(9)13-8(10)14-7(5)15/h4,12H,2-3H2,1H3. The lowest BCUT2D eigenvalue weighted by molar-refractivity contribution is 0.580. The average Bonchev–Trinajstić information content (AvgIpc) is 2.60. The van der Waals surface area contributed by atoms with Gasteiger partial charge in [-0.15, -0.1) is 0 Å². The molecule has 1 N–H and O–H groups in total. The summed E-state index contributed by atoms with van der Waals surface area (Å²) in [5, 5.41) is 0.185. The Balaban J connectivity index is 2.24. The first-order valence-electron chi connectivity index (χ1n) is 4.85. The first kappa shape index (κ1) is 13.5. The number of hydrogen-bond acceptors (Lipinski definition) is 5. The van der Waals surface area contributed by atoms with E-state index >= 15 is 0 Å². The van der Waals surface area contributed by atoms with E-state index in [2.05, 4.69) is 19.7 Å². The minimum atomic E-state index is -3.22. The molecule has 0 saturated heterocycles. The average molecular weight is 310 g/mol. The number of halogens is 2. The van der Waals surface area contributed by atoms with Crippen LogP contribution in [0.25, 0.3) is 11.2 Å². The second-order valence-corrected chi connectivity index (χ2v) is 6.09. The van der Waals surface area contributed by atoms with Gasteiger partial charge in [0.15, 0.2) is 10.8 Å². The Morgan fingerprint density at radius 2 is 2.11 bits per heavy atom. The van der Waals surface area contributed by atoms with Crippen LogP contribution in [-0.2, 0) is 16.6 Å². The Morgan fingerprint density at radius 1 is 1.39 bits per heavy atom. The van der Waals surface area contributed by atoms with E-state index in [1.165, 1.54) is 6.33 Å². The Morgan fingerprint density at radius 3 is 2.78 bits per heavy atom. The third-order valence-electron chi connectivity index (χ3n) is 2.11. The van der Waals surface area contributed by atoms with Crippen LogP contribution in [0.5, 0.6) is 0 Å². The Labute approximate surface area is 113 Å². The molecule has 0 saturated carbocycles. The van der Waals surface area contributed by atoms with E-state index in [1.54, 1.807) is 4.57 Å². The lowest BCUT2D eigenvalue weighted by atomic mass is 10.5. The molecule has 18 heavy (non-hydrogen) atoms. The van der Waals surface area contributed by atoms with Crippen molar-refractivity contribution in [3.05, 3.63) is 16.8 Å². The maximum atomic E-state index is 10.9. The summed E-state index contributed by atoms with van der Waals surface area (Å²) < 4.78 is 25.9. The summed E-state index contributed by atoms with van der Waals surface area (Å²) in [6, 6.07) is 0. The smallest absolute Gasteiger partial charge is 0.225 e.